The van der Waals surface area contributed by atoms with Gasteiger partial charge in [0.25, 0.3) is 0 Å². The monoisotopic (exact) mass is 362 g/mol. The van der Waals surface area contributed by atoms with Gasteiger partial charge in [0, 0.05) is 17.8 Å². The third-order valence-corrected chi connectivity index (χ3v) is 4.85. The highest BCUT2D eigenvalue weighted by Crippen LogP contribution is 2.32. The van der Waals surface area contributed by atoms with Gasteiger partial charge in [-0.05, 0) is 38.8 Å². The number of carbonyl (C=O) groups excluding carboxylic acids is 1. The molecule has 1 unspecified atom stereocenters. The van der Waals surface area contributed by atoms with Crippen LogP contribution in [0.2, 0.25) is 0 Å². The van der Waals surface area contributed by atoms with Gasteiger partial charge >= 0.3 is 6.03 Å². The van der Waals surface area contributed by atoms with Gasteiger partial charge in [0.05, 0.1) is 0 Å². The molecule has 1 aromatic heterocycles. The van der Waals surface area contributed by atoms with Crippen molar-refractivity contribution >= 4 is 11.7 Å². The van der Waals surface area contributed by atoms with E-state index in [1.54, 1.807) is 4.90 Å². The second-order valence-electron chi connectivity index (χ2n) is 6.97. The summed E-state index contributed by atoms with van der Waals surface area (Å²) in [5, 5.41) is 7.06. The Hall–Kier alpha value is -3.15. The lowest BCUT2D eigenvalue weighted by atomic mass is 10.1. The topological polar surface area (TPSA) is 71.3 Å². The van der Waals surface area contributed by atoms with Crippen LogP contribution in [-0.4, -0.2) is 27.6 Å². The molecule has 3 aromatic rings. The van der Waals surface area contributed by atoms with Crippen LogP contribution in [0.25, 0.3) is 11.4 Å². The Morgan fingerprint density at radius 1 is 1.07 bits per heavy atom. The number of nitrogens with one attached hydrogen (secondary N) is 1. The van der Waals surface area contributed by atoms with E-state index in [1.165, 1.54) is 5.56 Å². The van der Waals surface area contributed by atoms with Gasteiger partial charge < -0.3 is 14.7 Å². The van der Waals surface area contributed by atoms with Crippen LogP contribution in [0.15, 0.2) is 53.1 Å². The van der Waals surface area contributed by atoms with Crippen molar-refractivity contribution in [2.24, 2.45) is 0 Å². The van der Waals surface area contributed by atoms with Gasteiger partial charge in [-0.2, -0.15) is 4.98 Å². The van der Waals surface area contributed by atoms with Crippen LogP contribution in [0.5, 0.6) is 0 Å². The van der Waals surface area contributed by atoms with Gasteiger partial charge in [0.1, 0.15) is 6.04 Å². The summed E-state index contributed by atoms with van der Waals surface area (Å²) < 4.78 is 5.50. The third kappa shape index (κ3) is 3.69. The number of carbonyl (C=O) groups is 1. The fraction of sp³-hybridized carbons (Fsp3) is 0.286. The van der Waals surface area contributed by atoms with Crippen molar-refractivity contribution in [3.05, 3.63) is 65.5 Å². The summed E-state index contributed by atoms with van der Waals surface area (Å²) in [5.41, 5.74) is 4.02. The first kappa shape index (κ1) is 17.3. The molecule has 6 nitrogen and oxygen atoms in total. The molecule has 2 aromatic carbocycles. The fourth-order valence-corrected chi connectivity index (χ4v) is 3.29. The number of anilines is 1. The number of benzene rings is 2. The lowest BCUT2D eigenvalue weighted by Gasteiger charge is -2.22. The first-order valence-corrected chi connectivity index (χ1v) is 9.15. The Morgan fingerprint density at radius 3 is 2.44 bits per heavy atom. The quantitative estimate of drug-likeness (QED) is 0.732. The van der Waals surface area contributed by atoms with Gasteiger partial charge in [-0.1, -0.05) is 52.7 Å². The van der Waals surface area contributed by atoms with E-state index in [0.29, 0.717) is 18.3 Å². The number of aromatic nitrogens is 2. The lowest BCUT2D eigenvalue weighted by molar-refractivity contribution is 0.193. The van der Waals surface area contributed by atoms with Gasteiger partial charge in [-0.3, -0.25) is 0 Å². The number of urea groups is 1. The summed E-state index contributed by atoms with van der Waals surface area (Å²) in [6, 6.07) is 15.4. The summed E-state index contributed by atoms with van der Waals surface area (Å²) in [4.78, 5) is 19.0. The Labute approximate surface area is 158 Å². The number of nitrogens with zero attached hydrogens (tertiary/aromatic N) is 3. The minimum Gasteiger partial charge on any atom is -0.337 e. The maximum absolute atomic E-state index is 12.7. The van der Waals surface area contributed by atoms with Crippen LogP contribution in [-0.2, 0) is 0 Å². The molecular formula is C21H22N4O2. The van der Waals surface area contributed by atoms with E-state index in [0.717, 1.165) is 29.7 Å². The molecule has 0 bridgehead atoms. The Bertz CT molecular complexity index is 932. The van der Waals surface area contributed by atoms with E-state index in [1.807, 2.05) is 62.4 Å². The zero-order valence-electron chi connectivity index (χ0n) is 15.5. The summed E-state index contributed by atoms with van der Waals surface area (Å²) >= 11 is 0. The average Bonchev–Trinajstić information content (AvgIpc) is 3.33. The molecule has 6 heteroatoms. The molecule has 1 saturated heterocycles. The highest BCUT2D eigenvalue weighted by molar-refractivity contribution is 5.89. The number of likely N-dealkylation sites (tertiary alicyclic amines) is 1. The second-order valence-corrected chi connectivity index (χ2v) is 6.97. The van der Waals surface area contributed by atoms with Crippen LogP contribution < -0.4 is 5.32 Å². The van der Waals surface area contributed by atoms with E-state index < -0.39 is 0 Å². The van der Waals surface area contributed by atoms with Crippen molar-refractivity contribution in [3.63, 3.8) is 0 Å². The maximum Gasteiger partial charge on any atom is 0.322 e. The molecule has 1 N–H and O–H groups in total. The number of hydrogen-bond donors (Lipinski definition) is 1. The molecule has 2 amide bonds. The molecule has 1 fully saturated rings. The maximum atomic E-state index is 12.7. The van der Waals surface area contributed by atoms with Crippen molar-refractivity contribution in [2.45, 2.75) is 32.7 Å². The standard InChI is InChI=1S/C21H22N4O2/c1-14-5-9-16(10-6-14)19-23-20(27-24-19)18-4-3-13-25(18)21(26)22-17-11-7-15(2)8-12-17/h5-12,18H,3-4,13H2,1-2H3,(H,22,26). The Balaban J connectivity index is 1.50. The summed E-state index contributed by atoms with van der Waals surface area (Å²) in [5.74, 6) is 1.04. The molecule has 4 rings (SSSR count). The molecule has 0 saturated carbocycles. The minimum absolute atomic E-state index is 0.142. The molecule has 27 heavy (non-hydrogen) atoms. The van der Waals surface area contributed by atoms with E-state index >= 15 is 0 Å². The van der Waals surface area contributed by atoms with Gasteiger partial charge in [0.2, 0.25) is 11.7 Å². The first-order valence-electron chi connectivity index (χ1n) is 9.15. The largest absolute Gasteiger partial charge is 0.337 e. The molecule has 0 aliphatic carbocycles. The average molecular weight is 362 g/mol. The van der Waals surface area contributed by atoms with Gasteiger partial charge in [0.15, 0.2) is 0 Å². The molecule has 1 atom stereocenters. The van der Waals surface area contributed by atoms with E-state index in [2.05, 4.69) is 15.5 Å². The van der Waals surface area contributed by atoms with Crippen molar-refractivity contribution < 1.29 is 9.32 Å². The highest BCUT2D eigenvalue weighted by Gasteiger charge is 2.34. The zero-order chi connectivity index (χ0) is 18.8. The van der Waals surface area contributed by atoms with E-state index in [9.17, 15) is 4.79 Å². The predicted molar refractivity (Wildman–Crippen MR) is 103 cm³/mol. The minimum atomic E-state index is -0.192. The van der Waals surface area contributed by atoms with Crippen molar-refractivity contribution in [1.29, 1.82) is 0 Å². The molecule has 1 aliphatic heterocycles. The van der Waals surface area contributed by atoms with E-state index in [-0.39, 0.29) is 12.1 Å². The predicted octanol–water partition coefficient (Wildman–Crippen LogP) is 4.72. The highest BCUT2D eigenvalue weighted by atomic mass is 16.5. The Kier molecular flexibility index (Phi) is 4.62. The lowest BCUT2D eigenvalue weighted by Crippen LogP contribution is -2.34. The molecule has 1 aliphatic rings. The smallest absolute Gasteiger partial charge is 0.322 e. The number of amides is 2. The first-order chi connectivity index (χ1) is 13.1. The summed E-state index contributed by atoms with van der Waals surface area (Å²) in [7, 11) is 0. The third-order valence-electron chi connectivity index (χ3n) is 4.85. The normalized spacial score (nSPS) is 16.5. The van der Waals surface area contributed by atoms with Crippen molar-refractivity contribution in [2.75, 3.05) is 11.9 Å². The number of aryl methyl sites for hydroxylation is 2. The zero-order valence-corrected chi connectivity index (χ0v) is 15.5. The summed E-state index contributed by atoms with van der Waals surface area (Å²) in [6.07, 6.45) is 1.73. The van der Waals surface area contributed by atoms with Gasteiger partial charge in [-0.15, -0.1) is 0 Å². The van der Waals surface area contributed by atoms with Crippen LogP contribution in [0.4, 0.5) is 10.5 Å². The van der Waals surface area contributed by atoms with Crippen molar-refractivity contribution in [1.82, 2.24) is 15.0 Å². The van der Waals surface area contributed by atoms with Gasteiger partial charge in [-0.25, -0.2) is 4.79 Å². The molecule has 138 valence electrons. The van der Waals surface area contributed by atoms with Crippen molar-refractivity contribution in [3.8, 4) is 11.4 Å². The number of hydrogen-bond acceptors (Lipinski definition) is 4. The molecule has 0 spiro atoms. The summed E-state index contributed by atoms with van der Waals surface area (Å²) in [6.45, 7) is 4.72. The fourth-order valence-electron chi connectivity index (χ4n) is 3.29. The molecule has 0 radical (unpaired) electrons. The van der Waals surface area contributed by atoms with Crippen LogP contribution in [0, 0.1) is 13.8 Å². The molecule has 2 heterocycles. The van der Waals surface area contributed by atoms with Crippen LogP contribution >= 0.6 is 0 Å². The van der Waals surface area contributed by atoms with E-state index in [4.69, 9.17) is 4.52 Å². The SMILES string of the molecule is Cc1ccc(NC(=O)N2CCCC2c2nc(-c3ccc(C)cc3)no2)cc1. The number of rotatable bonds is 3. The molecular weight excluding hydrogens is 340 g/mol. The van der Waals surface area contributed by atoms with Crippen LogP contribution in [0.1, 0.15) is 35.9 Å². The Morgan fingerprint density at radius 2 is 1.74 bits per heavy atom. The second kappa shape index (κ2) is 7.23. The van der Waals surface area contributed by atoms with Crippen LogP contribution in [0.3, 0.4) is 0 Å².